The maximum absolute atomic E-state index is 13.4. The van der Waals surface area contributed by atoms with Gasteiger partial charge in [-0.25, -0.2) is 4.99 Å². The second kappa shape index (κ2) is 9.56. The highest BCUT2D eigenvalue weighted by atomic mass is 32.2. The molecule has 0 atom stereocenters. The number of para-hydroxylation sites is 1. The molecule has 1 amide bonds. The van der Waals surface area contributed by atoms with Crippen molar-refractivity contribution in [1.29, 1.82) is 0 Å². The van der Waals surface area contributed by atoms with Crippen LogP contribution >= 0.6 is 11.8 Å². The van der Waals surface area contributed by atoms with Crippen LogP contribution in [0.4, 0.5) is 11.6 Å². The van der Waals surface area contributed by atoms with Crippen LogP contribution in [0.1, 0.15) is 51.7 Å². The zero-order chi connectivity index (χ0) is 20.9. The summed E-state index contributed by atoms with van der Waals surface area (Å²) < 4.78 is 6.00. The minimum absolute atomic E-state index is 0.0439. The summed E-state index contributed by atoms with van der Waals surface area (Å²) in [5.74, 6) is 1.59. The average Bonchev–Trinajstić information content (AvgIpc) is 3.35. The van der Waals surface area contributed by atoms with Crippen molar-refractivity contribution in [1.82, 2.24) is 4.90 Å². The number of hydrogen-bond donors (Lipinski definition) is 0. The summed E-state index contributed by atoms with van der Waals surface area (Å²) in [5, 5.41) is 0.778. The van der Waals surface area contributed by atoms with Gasteiger partial charge in [0.2, 0.25) is 0 Å². The number of anilines is 1. The largest absolute Gasteiger partial charge is 0.441 e. The van der Waals surface area contributed by atoms with E-state index in [-0.39, 0.29) is 11.9 Å². The van der Waals surface area contributed by atoms with Gasteiger partial charge in [0, 0.05) is 31.3 Å². The molecule has 2 aromatic rings. The summed E-state index contributed by atoms with van der Waals surface area (Å²) in [5.41, 5.74) is 0.872. The number of nitrogens with zero attached hydrogens (tertiary/aromatic N) is 3. The van der Waals surface area contributed by atoms with Crippen LogP contribution in [-0.4, -0.2) is 35.1 Å². The summed E-state index contributed by atoms with van der Waals surface area (Å²) in [6.45, 7) is 5.98. The molecule has 30 heavy (non-hydrogen) atoms. The number of benzene rings is 1. The van der Waals surface area contributed by atoms with Crippen LogP contribution in [0.25, 0.3) is 6.08 Å². The van der Waals surface area contributed by atoms with Gasteiger partial charge < -0.3 is 9.32 Å². The number of carbonyl (C=O) groups excluding carboxylic acids is 1. The fourth-order valence-electron chi connectivity index (χ4n) is 4.09. The lowest BCUT2D eigenvalue weighted by Gasteiger charge is -2.30. The Labute approximate surface area is 182 Å². The molecule has 1 aromatic carbocycles. The Morgan fingerprint density at radius 1 is 1.10 bits per heavy atom. The first-order valence-corrected chi connectivity index (χ1v) is 11.7. The van der Waals surface area contributed by atoms with E-state index in [4.69, 9.17) is 9.41 Å². The highest BCUT2D eigenvalue weighted by Gasteiger charge is 2.38. The summed E-state index contributed by atoms with van der Waals surface area (Å²) in [4.78, 5) is 22.9. The average molecular weight is 424 g/mol. The quantitative estimate of drug-likeness (QED) is 0.530. The molecule has 0 bridgehead atoms. The SMILES string of the molecule is CCN(CC)c1ccc(/C=C2\SC(=Nc3ccccc3)N(C3CCCCC3)C2=O)o1. The zero-order valence-corrected chi connectivity index (χ0v) is 18.5. The van der Waals surface area contributed by atoms with Gasteiger partial charge in [-0.3, -0.25) is 9.69 Å². The van der Waals surface area contributed by atoms with Crippen molar-refractivity contribution in [2.45, 2.75) is 52.0 Å². The molecular formula is C24H29N3O2S. The monoisotopic (exact) mass is 423 g/mol. The van der Waals surface area contributed by atoms with Gasteiger partial charge in [0.15, 0.2) is 11.1 Å². The zero-order valence-electron chi connectivity index (χ0n) is 17.7. The van der Waals surface area contributed by atoms with Gasteiger partial charge in [0.05, 0.1) is 10.6 Å². The molecule has 1 aromatic heterocycles. The molecular weight excluding hydrogens is 394 g/mol. The number of amides is 1. The molecule has 4 rings (SSSR count). The normalized spacial score (nSPS) is 20.5. The third kappa shape index (κ3) is 4.48. The van der Waals surface area contributed by atoms with Gasteiger partial charge >= 0.3 is 0 Å². The Morgan fingerprint density at radius 3 is 2.53 bits per heavy atom. The summed E-state index contributed by atoms with van der Waals surface area (Å²) in [7, 11) is 0. The minimum atomic E-state index is 0.0439. The van der Waals surface area contributed by atoms with Gasteiger partial charge in [-0.1, -0.05) is 37.5 Å². The Balaban J connectivity index is 1.64. The molecule has 5 nitrogen and oxygen atoms in total. The van der Waals surface area contributed by atoms with Crippen molar-refractivity contribution in [2.24, 2.45) is 4.99 Å². The molecule has 0 unspecified atom stereocenters. The van der Waals surface area contributed by atoms with Crippen LogP contribution in [0.5, 0.6) is 0 Å². The molecule has 2 aliphatic rings. The lowest BCUT2D eigenvalue weighted by atomic mass is 9.94. The number of rotatable bonds is 6. The van der Waals surface area contributed by atoms with Crippen molar-refractivity contribution >= 4 is 40.5 Å². The Morgan fingerprint density at radius 2 is 1.83 bits per heavy atom. The van der Waals surface area contributed by atoms with Crippen LogP contribution in [0, 0.1) is 0 Å². The molecule has 0 spiro atoms. The topological polar surface area (TPSA) is 49.0 Å². The summed E-state index contributed by atoms with van der Waals surface area (Å²) in [6.07, 6.45) is 7.54. The molecule has 0 radical (unpaired) electrons. The number of amidine groups is 1. The van der Waals surface area contributed by atoms with E-state index in [1.807, 2.05) is 53.4 Å². The van der Waals surface area contributed by atoms with Crippen LogP contribution in [0.2, 0.25) is 0 Å². The predicted octanol–water partition coefficient (Wildman–Crippen LogP) is 6.06. The van der Waals surface area contributed by atoms with E-state index in [0.29, 0.717) is 10.7 Å². The van der Waals surface area contributed by atoms with E-state index >= 15 is 0 Å². The second-order valence-corrected chi connectivity index (χ2v) is 8.66. The molecule has 0 N–H and O–H groups in total. The second-order valence-electron chi connectivity index (χ2n) is 7.66. The van der Waals surface area contributed by atoms with Gasteiger partial charge in [-0.15, -0.1) is 0 Å². The van der Waals surface area contributed by atoms with Gasteiger partial charge in [-0.05, 0) is 56.7 Å². The molecule has 1 aliphatic heterocycles. The van der Waals surface area contributed by atoms with E-state index in [0.717, 1.165) is 42.7 Å². The lowest BCUT2D eigenvalue weighted by molar-refractivity contribution is -0.124. The smallest absolute Gasteiger partial charge is 0.267 e. The molecule has 2 fully saturated rings. The van der Waals surface area contributed by atoms with Crippen LogP contribution < -0.4 is 4.90 Å². The molecule has 2 heterocycles. The van der Waals surface area contributed by atoms with Crippen LogP contribution in [-0.2, 0) is 4.79 Å². The first-order valence-electron chi connectivity index (χ1n) is 10.9. The number of thioether (sulfide) groups is 1. The van der Waals surface area contributed by atoms with Gasteiger partial charge in [0.1, 0.15) is 5.76 Å². The molecule has 1 aliphatic carbocycles. The Bertz CT molecular complexity index is 925. The van der Waals surface area contributed by atoms with E-state index in [9.17, 15) is 4.79 Å². The molecule has 1 saturated carbocycles. The minimum Gasteiger partial charge on any atom is -0.441 e. The van der Waals surface area contributed by atoms with E-state index in [1.165, 1.54) is 31.0 Å². The highest BCUT2D eigenvalue weighted by molar-refractivity contribution is 8.18. The lowest BCUT2D eigenvalue weighted by Crippen LogP contribution is -2.40. The van der Waals surface area contributed by atoms with Crippen LogP contribution in [0.3, 0.4) is 0 Å². The first-order chi connectivity index (χ1) is 14.7. The van der Waals surface area contributed by atoms with Crippen molar-refractivity contribution in [3.8, 4) is 0 Å². The van der Waals surface area contributed by atoms with E-state index in [2.05, 4.69) is 18.7 Å². The summed E-state index contributed by atoms with van der Waals surface area (Å²) >= 11 is 1.45. The fraction of sp³-hybridized carbons (Fsp3) is 0.417. The fourth-order valence-corrected chi connectivity index (χ4v) is 5.13. The van der Waals surface area contributed by atoms with Crippen molar-refractivity contribution in [3.63, 3.8) is 0 Å². The van der Waals surface area contributed by atoms with Crippen molar-refractivity contribution < 1.29 is 9.21 Å². The van der Waals surface area contributed by atoms with E-state index in [1.54, 1.807) is 0 Å². The van der Waals surface area contributed by atoms with E-state index < -0.39 is 0 Å². The standard InChI is InChI=1S/C24H29N3O2S/c1-3-26(4-2)22-16-15-20(29-22)17-21-23(28)27(19-13-9-6-10-14-19)24(30-21)25-18-11-7-5-8-12-18/h5,7-8,11-12,15-17,19H,3-4,6,9-10,13-14H2,1-2H3/b21-17-,25-24?. The molecule has 6 heteroatoms. The number of aliphatic imine (C=N–C) groups is 1. The third-order valence-electron chi connectivity index (χ3n) is 5.72. The van der Waals surface area contributed by atoms with Gasteiger partial charge in [0.25, 0.3) is 5.91 Å². The van der Waals surface area contributed by atoms with Crippen LogP contribution in [0.15, 0.2) is 56.8 Å². The molecule has 1 saturated heterocycles. The first kappa shape index (κ1) is 20.8. The predicted molar refractivity (Wildman–Crippen MR) is 125 cm³/mol. The Hall–Kier alpha value is -2.47. The van der Waals surface area contributed by atoms with Crippen molar-refractivity contribution in [2.75, 3.05) is 18.0 Å². The third-order valence-corrected chi connectivity index (χ3v) is 6.70. The number of furan rings is 1. The maximum atomic E-state index is 13.4. The number of hydrogen-bond acceptors (Lipinski definition) is 5. The van der Waals surface area contributed by atoms with Crippen molar-refractivity contribution in [3.05, 3.63) is 53.1 Å². The maximum Gasteiger partial charge on any atom is 0.267 e. The molecule has 158 valence electrons. The Kier molecular flexibility index (Phi) is 6.62. The summed E-state index contributed by atoms with van der Waals surface area (Å²) in [6, 6.07) is 14.0. The number of carbonyl (C=O) groups is 1. The van der Waals surface area contributed by atoms with Gasteiger partial charge in [-0.2, -0.15) is 0 Å². The highest BCUT2D eigenvalue weighted by Crippen LogP contribution is 2.38.